The summed E-state index contributed by atoms with van der Waals surface area (Å²) < 4.78 is 12.4. The molecule has 24 heavy (non-hydrogen) atoms. The number of aryl methyl sites for hydroxylation is 2. The lowest BCUT2D eigenvalue weighted by Gasteiger charge is -2.09. The lowest BCUT2D eigenvalue weighted by molar-refractivity contribution is 0.0603. The number of esters is 1. The molecule has 0 aliphatic rings. The lowest BCUT2D eigenvalue weighted by atomic mass is 10.00. The van der Waals surface area contributed by atoms with Crippen molar-refractivity contribution >= 4 is 38.6 Å². The molecule has 0 saturated carbocycles. The van der Waals surface area contributed by atoms with Gasteiger partial charge in [0.25, 0.3) is 0 Å². The monoisotopic (exact) mass is 321 g/mol. The van der Waals surface area contributed by atoms with Crippen LogP contribution in [0.1, 0.15) is 15.9 Å². The molecule has 2 aromatic heterocycles. The molecule has 0 N–H and O–H groups in total. The van der Waals surface area contributed by atoms with Crippen LogP contribution in [-0.2, 0) is 11.8 Å². The fourth-order valence-electron chi connectivity index (χ4n) is 3.42. The van der Waals surface area contributed by atoms with Crippen molar-refractivity contribution in [2.24, 2.45) is 7.05 Å². The Labute approximate surface area is 137 Å². The summed E-state index contributed by atoms with van der Waals surface area (Å²) in [5, 5.41) is 2.67. The van der Waals surface area contributed by atoms with Crippen molar-refractivity contribution in [1.29, 1.82) is 0 Å². The van der Waals surface area contributed by atoms with Crippen LogP contribution >= 0.6 is 0 Å². The normalized spacial score (nSPS) is 11.5. The number of nitrogens with zero attached hydrogens (tertiary/aromatic N) is 1. The van der Waals surface area contributed by atoms with Gasteiger partial charge in [-0.1, -0.05) is 24.3 Å². The Balaban J connectivity index is 2.35. The molecule has 5 heteroatoms. The van der Waals surface area contributed by atoms with E-state index >= 15 is 0 Å². The number of rotatable bonds is 1. The Morgan fingerprint density at radius 3 is 2.58 bits per heavy atom. The van der Waals surface area contributed by atoms with Crippen molar-refractivity contribution < 1.29 is 13.9 Å². The molecule has 0 bridgehead atoms. The Bertz CT molecular complexity index is 1200. The van der Waals surface area contributed by atoms with Gasteiger partial charge in [0.05, 0.1) is 23.6 Å². The van der Waals surface area contributed by atoms with E-state index in [1.54, 1.807) is 6.07 Å². The summed E-state index contributed by atoms with van der Waals surface area (Å²) in [4.78, 5) is 24.7. The van der Waals surface area contributed by atoms with E-state index in [1.165, 1.54) is 7.11 Å². The van der Waals surface area contributed by atoms with Gasteiger partial charge < -0.3 is 13.7 Å². The maximum atomic E-state index is 12.5. The minimum Gasteiger partial charge on any atom is -0.465 e. The molecular formula is C19H15NO4. The van der Waals surface area contributed by atoms with Gasteiger partial charge in [-0.05, 0) is 23.9 Å². The lowest BCUT2D eigenvalue weighted by Crippen LogP contribution is -2.05. The number of benzene rings is 2. The van der Waals surface area contributed by atoms with E-state index in [1.807, 2.05) is 49.0 Å². The minimum absolute atomic E-state index is 0.369. The first kappa shape index (κ1) is 14.5. The standard InChI is InChI=1S/C19H15NO4/c1-10-9-20(2)16-14-8-13(18(21)23-3)11-6-4-5-7-12(11)17(14)24-19(22)15(10)16/h4-9H,1-3H3. The van der Waals surface area contributed by atoms with Crippen molar-refractivity contribution in [3.05, 3.63) is 58.1 Å². The Kier molecular flexibility index (Phi) is 3.00. The average molecular weight is 321 g/mol. The van der Waals surface area contributed by atoms with Crippen LogP contribution < -0.4 is 5.63 Å². The molecule has 0 spiro atoms. The van der Waals surface area contributed by atoms with E-state index < -0.39 is 5.97 Å². The number of ether oxygens (including phenoxy) is 1. The quantitative estimate of drug-likeness (QED) is 0.306. The van der Waals surface area contributed by atoms with Gasteiger partial charge in [-0.3, -0.25) is 0 Å². The third-order valence-corrected chi connectivity index (χ3v) is 4.43. The second-order valence-electron chi connectivity index (χ2n) is 5.87. The second-order valence-corrected chi connectivity index (χ2v) is 5.87. The van der Waals surface area contributed by atoms with Crippen molar-refractivity contribution in [3.63, 3.8) is 0 Å². The topological polar surface area (TPSA) is 61.4 Å². The largest absolute Gasteiger partial charge is 0.465 e. The van der Waals surface area contributed by atoms with E-state index in [0.717, 1.165) is 16.5 Å². The maximum Gasteiger partial charge on any atom is 0.346 e. The highest BCUT2D eigenvalue weighted by Gasteiger charge is 2.19. The second kappa shape index (κ2) is 4.96. The SMILES string of the molecule is COC(=O)c1cc2c(oc(=O)c3c(C)cn(C)c32)c2ccccc12. The van der Waals surface area contributed by atoms with E-state index in [0.29, 0.717) is 27.3 Å². The molecule has 4 rings (SSSR count). The first-order chi connectivity index (χ1) is 11.5. The molecule has 0 atom stereocenters. The number of methoxy groups -OCH3 is 1. The predicted molar refractivity (Wildman–Crippen MR) is 92.5 cm³/mol. The van der Waals surface area contributed by atoms with Crippen LogP contribution in [-0.4, -0.2) is 17.6 Å². The molecule has 2 heterocycles. The van der Waals surface area contributed by atoms with Crippen LogP contribution in [0.4, 0.5) is 0 Å². The van der Waals surface area contributed by atoms with E-state index in [-0.39, 0.29) is 5.63 Å². The molecule has 5 nitrogen and oxygen atoms in total. The maximum absolute atomic E-state index is 12.5. The van der Waals surface area contributed by atoms with Crippen LogP contribution in [0, 0.1) is 6.92 Å². The number of carbonyl (C=O) groups excluding carboxylic acids is 1. The zero-order chi connectivity index (χ0) is 17.0. The molecular weight excluding hydrogens is 306 g/mol. The molecule has 0 fully saturated rings. The Morgan fingerprint density at radius 1 is 1.17 bits per heavy atom. The van der Waals surface area contributed by atoms with Gasteiger partial charge >= 0.3 is 11.6 Å². The summed E-state index contributed by atoms with van der Waals surface area (Å²) in [5.74, 6) is -0.418. The van der Waals surface area contributed by atoms with Crippen LogP contribution in [0.25, 0.3) is 32.6 Å². The Morgan fingerprint density at radius 2 is 1.88 bits per heavy atom. The summed E-state index contributed by atoms with van der Waals surface area (Å²) in [6.45, 7) is 1.87. The van der Waals surface area contributed by atoms with Crippen LogP contribution in [0.5, 0.6) is 0 Å². The molecule has 120 valence electrons. The van der Waals surface area contributed by atoms with Crippen molar-refractivity contribution in [2.45, 2.75) is 6.92 Å². The summed E-state index contributed by atoms with van der Waals surface area (Å²) in [5.41, 5.74) is 2.17. The third-order valence-electron chi connectivity index (χ3n) is 4.43. The van der Waals surface area contributed by atoms with E-state index in [4.69, 9.17) is 9.15 Å². The van der Waals surface area contributed by atoms with Crippen molar-refractivity contribution in [2.75, 3.05) is 7.11 Å². The van der Waals surface area contributed by atoms with E-state index in [9.17, 15) is 9.59 Å². The molecule has 0 aliphatic carbocycles. The average Bonchev–Trinajstić information content (AvgIpc) is 2.89. The predicted octanol–water partition coefficient (Wildman–Crippen LogP) is 3.53. The number of hydrogen-bond donors (Lipinski definition) is 0. The summed E-state index contributed by atoms with van der Waals surface area (Å²) in [7, 11) is 3.23. The fraction of sp³-hybridized carbons (Fsp3) is 0.158. The third kappa shape index (κ3) is 1.81. The molecule has 0 radical (unpaired) electrons. The number of fused-ring (bicyclic) bond motifs is 5. The van der Waals surface area contributed by atoms with Gasteiger partial charge in [0, 0.05) is 24.0 Å². The van der Waals surface area contributed by atoms with Crippen LogP contribution in [0.15, 0.2) is 45.7 Å². The summed E-state index contributed by atoms with van der Waals surface area (Å²) >= 11 is 0. The summed E-state index contributed by atoms with van der Waals surface area (Å²) in [6.07, 6.45) is 1.88. The summed E-state index contributed by atoms with van der Waals surface area (Å²) in [6, 6.07) is 9.09. The molecule has 2 aromatic carbocycles. The van der Waals surface area contributed by atoms with Gasteiger partial charge in [-0.25, -0.2) is 9.59 Å². The number of hydrogen-bond acceptors (Lipinski definition) is 4. The fourth-order valence-corrected chi connectivity index (χ4v) is 3.42. The first-order valence-electron chi connectivity index (χ1n) is 7.55. The first-order valence-corrected chi connectivity index (χ1v) is 7.55. The van der Waals surface area contributed by atoms with Gasteiger partial charge in [0.2, 0.25) is 0 Å². The number of carbonyl (C=O) groups is 1. The molecule has 4 aromatic rings. The van der Waals surface area contributed by atoms with Gasteiger partial charge in [-0.2, -0.15) is 0 Å². The molecule has 0 unspecified atom stereocenters. The van der Waals surface area contributed by atoms with Crippen molar-refractivity contribution in [3.8, 4) is 0 Å². The van der Waals surface area contributed by atoms with Crippen LogP contribution in [0.3, 0.4) is 0 Å². The van der Waals surface area contributed by atoms with Gasteiger partial charge in [0.15, 0.2) is 0 Å². The molecule has 0 amide bonds. The zero-order valence-corrected chi connectivity index (χ0v) is 13.5. The minimum atomic E-state index is -0.418. The van der Waals surface area contributed by atoms with Gasteiger partial charge in [-0.15, -0.1) is 0 Å². The highest BCUT2D eigenvalue weighted by Crippen LogP contribution is 2.33. The highest BCUT2D eigenvalue weighted by atomic mass is 16.5. The molecule has 0 aliphatic heterocycles. The number of aromatic nitrogens is 1. The molecule has 0 saturated heterocycles. The zero-order valence-electron chi connectivity index (χ0n) is 13.5. The smallest absolute Gasteiger partial charge is 0.346 e. The highest BCUT2D eigenvalue weighted by molar-refractivity contribution is 6.19. The Hall–Kier alpha value is -3.08. The van der Waals surface area contributed by atoms with Crippen molar-refractivity contribution in [1.82, 2.24) is 4.57 Å². The van der Waals surface area contributed by atoms with E-state index in [2.05, 4.69) is 0 Å². The van der Waals surface area contributed by atoms with Gasteiger partial charge in [0.1, 0.15) is 5.58 Å². The van der Waals surface area contributed by atoms with Crippen LogP contribution in [0.2, 0.25) is 0 Å².